The smallest absolute Gasteiger partial charge is 0.249 e. The maximum Gasteiger partial charge on any atom is 0.249 e. The predicted octanol–water partition coefficient (Wildman–Crippen LogP) is -0.221. The largest absolute Gasteiger partial charge is 0.384 e. The molecule has 3 rings (SSSR count). The molecule has 2 aromatic heterocycles. The van der Waals surface area contributed by atoms with Crippen LogP contribution in [0.2, 0.25) is 0 Å². The fourth-order valence-corrected chi connectivity index (χ4v) is 2.62. The number of fused-ring (bicyclic) bond motifs is 1. The number of nitrogen functional groups attached to an aromatic ring is 1. The molecule has 1 amide bonds. The van der Waals surface area contributed by atoms with E-state index in [4.69, 9.17) is 5.73 Å². The monoisotopic (exact) mass is 287 g/mol. The number of aromatic amines is 1. The van der Waals surface area contributed by atoms with E-state index in [-0.39, 0.29) is 5.56 Å². The van der Waals surface area contributed by atoms with Crippen LogP contribution in [0.5, 0.6) is 0 Å². The number of carbonyl (C=O) groups is 1. The number of piperazine rings is 1. The van der Waals surface area contributed by atoms with E-state index in [0.717, 1.165) is 43.5 Å². The molecule has 21 heavy (non-hydrogen) atoms. The summed E-state index contributed by atoms with van der Waals surface area (Å²) in [7, 11) is 0. The first-order chi connectivity index (χ1) is 10.2. The number of H-pyrrole nitrogens is 1. The zero-order valence-corrected chi connectivity index (χ0v) is 11.6. The molecule has 0 bridgehead atoms. The van der Waals surface area contributed by atoms with Gasteiger partial charge in [-0.25, -0.2) is 4.98 Å². The van der Waals surface area contributed by atoms with Crippen LogP contribution in [0.4, 0.5) is 5.82 Å². The zero-order valence-electron chi connectivity index (χ0n) is 11.6. The Kier molecular flexibility index (Phi) is 3.57. The molecule has 1 fully saturated rings. The number of amides is 1. The molecular formula is C14H17N5O2. The van der Waals surface area contributed by atoms with Gasteiger partial charge < -0.3 is 15.6 Å². The summed E-state index contributed by atoms with van der Waals surface area (Å²) >= 11 is 0. The molecule has 0 saturated carbocycles. The minimum Gasteiger partial charge on any atom is -0.384 e. The number of aromatic nitrogens is 2. The van der Waals surface area contributed by atoms with Crippen molar-refractivity contribution in [3.05, 3.63) is 34.1 Å². The Morgan fingerprint density at radius 2 is 2.05 bits per heavy atom. The van der Waals surface area contributed by atoms with Crippen LogP contribution in [0.15, 0.2) is 23.0 Å². The number of pyridine rings is 2. The fraction of sp³-hybridized carbons (Fsp3) is 0.357. The van der Waals surface area contributed by atoms with Crippen molar-refractivity contribution in [1.29, 1.82) is 0 Å². The molecule has 110 valence electrons. The van der Waals surface area contributed by atoms with Gasteiger partial charge in [0, 0.05) is 44.2 Å². The summed E-state index contributed by atoms with van der Waals surface area (Å²) in [6.45, 7) is 3.70. The van der Waals surface area contributed by atoms with E-state index in [0.29, 0.717) is 18.0 Å². The van der Waals surface area contributed by atoms with E-state index in [1.165, 1.54) is 0 Å². The summed E-state index contributed by atoms with van der Waals surface area (Å²) in [5, 5.41) is 0.904. The van der Waals surface area contributed by atoms with Gasteiger partial charge in [-0.3, -0.25) is 14.5 Å². The second-order valence-electron chi connectivity index (χ2n) is 5.21. The summed E-state index contributed by atoms with van der Waals surface area (Å²) in [6, 6.07) is 5.21. The summed E-state index contributed by atoms with van der Waals surface area (Å²) in [4.78, 5) is 33.3. The third kappa shape index (κ3) is 2.87. The summed E-state index contributed by atoms with van der Waals surface area (Å²) in [5.41, 5.74) is 6.93. The van der Waals surface area contributed by atoms with Crippen LogP contribution < -0.4 is 11.3 Å². The van der Waals surface area contributed by atoms with Crippen molar-refractivity contribution in [1.82, 2.24) is 19.8 Å². The van der Waals surface area contributed by atoms with Crippen LogP contribution in [-0.2, 0) is 11.3 Å². The minimum atomic E-state index is -0.179. The Labute approximate surface area is 121 Å². The lowest BCUT2D eigenvalue weighted by molar-refractivity contribution is -0.119. The van der Waals surface area contributed by atoms with Crippen LogP contribution in [0.25, 0.3) is 11.0 Å². The number of nitrogens with one attached hydrogen (secondary N) is 1. The molecule has 0 unspecified atom stereocenters. The molecule has 0 spiro atoms. The van der Waals surface area contributed by atoms with Crippen molar-refractivity contribution in [3.8, 4) is 0 Å². The lowest BCUT2D eigenvalue weighted by Crippen LogP contribution is -2.45. The van der Waals surface area contributed by atoms with Gasteiger partial charge in [0.25, 0.3) is 0 Å². The van der Waals surface area contributed by atoms with E-state index in [9.17, 15) is 9.59 Å². The minimum absolute atomic E-state index is 0.179. The molecule has 1 aliphatic heterocycles. The quantitative estimate of drug-likeness (QED) is 0.761. The van der Waals surface area contributed by atoms with Crippen LogP contribution in [0.3, 0.4) is 0 Å². The number of carbonyl (C=O) groups excluding carboxylic acids is 1. The van der Waals surface area contributed by atoms with Gasteiger partial charge in [0.15, 0.2) is 0 Å². The number of nitrogens with zero attached hydrogens (tertiary/aromatic N) is 3. The predicted molar refractivity (Wildman–Crippen MR) is 79.7 cm³/mol. The lowest BCUT2D eigenvalue weighted by atomic mass is 10.1. The molecule has 0 aromatic carbocycles. The summed E-state index contributed by atoms with van der Waals surface area (Å²) < 4.78 is 0. The van der Waals surface area contributed by atoms with E-state index in [1.54, 1.807) is 17.0 Å². The van der Waals surface area contributed by atoms with E-state index < -0.39 is 0 Å². The standard InChI is InChI=1S/C14H17N5O2/c15-12-2-1-11-10(7-13(21)17-14(11)16-12)8-18-3-5-19(9-20)6-4-18/h1-2,7,9H,3-6,8H2,(H3,15,16,17,21). The van der Waals surface area contributed by atoms with Crippen molar-refractivity contribution < 1.29 is 4.79 Å². The summed E-state index contributed by atoms with van der Waals surface area (Å²) in [6.07, 6.45) is 0.882. The first kappa shape index (κ1) is 13.6. The van der Waals surface area contributed by atoms with Crippen molar-refractivity contribution in [2.75, 3.05) is 31.9 Å². The van der Waals surface area contributed by atoms with Gasteiger partial charge in [0.05, 0.1) is 0 Å². The maximum atomic E-state index is 11.7. The SMILES string of the molecule is Nc1ccc2c(CN3CCN(C=O)CC3)cc(=O)[nH]c2n1. The highest BCUT2D eigenvalue weighted by Crippen LogP contribution is 2.17. The van der Waals surface area contributed by atoms with Crippen molar-refractivity contribution >= 4 is 23.3 Å². The maximum absolute atomic E-state index is 11.7. The third-order valence-electron chi connectivity index (χ3n) is 3.76. The molecule has 3 N–H and O–H groups in total. The highest BCUT2D eigenvalue weighted by molar-refractivity contribution is 5.79. The lowest BCUT2D eigenvalue weighted by Gasteiger charge is -2.32. The number of anilines is 1. The highest BCUT2D eigenvalue weighted by atomic mass is 16.1. The number of nitrogens with two attached hydrogens (primary N) is 1. The topological polar surface area (TPSA) is 95.3 Å². The molecule has 3 heterocycles. The zero-order chi connectivity index (χ0) is 14.8. The number of hydrogen-bond acceptors (Lipinski definition) is 5. The Hall–Kier alpha value is -2.41. The second-order valence-corrected chi connectivity index (χ2v) is 5.21. The molecule has 0 atom stereocenters. The normalized spacial score (nSPS) is 16.3. The summed E-state index contributed by atoms with van der Waals surface area (Å²) in [5.74, 6) is 0.384. The Bertz CT molecular complexity index is 719. The number of hydrogen-bond donors (Lipinski definition) is 2. The number of rotatable bonds is 3. The van der Waals surface area contributed by atoms with Gasteiger partial charge >= 0.3 is 0 Å². The van der Waals surface area contributed by atoms with Crippen molar-refractivity contribution in [3.63, 3.8) is 0 Å². The molecule has 1 saturated heterocycles. The molecule has 1 aliphatic rings. The third-order valence-corrected chi connectivity index (χ3v) is 3.76. The van der Waals surface area contributed by atoms with Crippen LogP contribution in [-0.4, -0.2) is 52.4 Å². The molecule has 2 aromatic rings. The van der Waals surface area contributed by atoms with Crippen LogP contribution in [0.1, 0.15) is 5.56 Å². The van der Waals surface area contributed by atoms with E-state index in [2.05, 4.69) is 14.9 Å². The Morgan fingerprint density at radius 3 is 2.76 bits per heavy atom. The van der Waals surface area contributed by atoms with E-state index in [1.807, 2.05) is 6.07 Å². The van der Waals surface area contributed by atoms with Crippen molar-refractivity contribution in [2.45, 2.75) is 6.54 Å². The van der Waals surface area contributed by atoms with Crippen molar-refractivity contribution in [2.24, 2.45) is 0 Å². The molecule has 0 radical (unpaired) electrons. The van der Waals surface area contributed by atoms with E-state index >= 15 is 0 Å². The van der Waals surface area contributed by atoms with Crippen LogP contribution >= 0.6 is 0 Å². The molecular weight excluding hydrogens is 270 g/mol. The fourth-order valence-electron chi connectivity index (χ4n) is 2.62. The van der Waals surface area contributed by atoms with Gasteiger partial charge in [-0.05, 0) is 17.7 Å². The van der Waals surface area contributed by atoms with Crippen LogP contribution in [0, 0.1) is 0 Å². The first-order valence-corrected chi connectivity index (χ1v) is 6.86. The molecule has 7 heteroatoms. The van der Waals surface area contributed by atoms with Gasteiger partial charge in [-0.1, -0.05) is 0 Å². The first-order valence-electron chi connectivity index (χ1n) is 6.86. The Morgan fingerprint density at radius 1 is 1.29 bits per heavy atom. The van der Waals surface area contributed by atoms with Gasteiger partial charge in [-0.2, -0.15) is 0 Å². The van der Waals surface area contributed by atoms with Gasteiger partial charge in [0.1, 0.15) is 11.5 Å². The molecule has 0 aliphatic carbocycles. The second kappa shape index (κ2) is 5.53. The van der Waals surface area contributed by atoms with Gasteiger partial charge in [0.2, 0.25) is 12.0 Å². The average Bonchev–Trinajstić information content (AvgIpc) is 2.47. The van der Waals surface area contributed by atoms with Gasteiger partial charge in [-0.15, -0.1) is 0 Å². The average molecular weight is 287 g/mol. The Balaban J connectivity index is 1.87. The molecule has 7 nitrogen and oxygen atoms in total. The highest BCUT2D eigenvalue weighted by Gasteiger charge is 2.16.